The third-order valence-corrected chi connectivity index (χ3v) is 6.30. The van der Waals surface area contributed by atoms with E-state index in [-0.39, 0.29) is 23.5 Å². The molecule has 3 aliphatic rings. The topological polar surface area (TPSA) is 49.8 Å². The molecular formula is C14H20BrNO3S. The molecule has 1 amide bonds. The van der Waals surface area contributed by atoms with Gasteiger partial charge >= 0.3 is 0 Å². The zero-order valence-corrected chi connectivity index (χ0v) is 14.1. The van der Waals surface area contributed by atoms with E-state index < -0.39 is 10.9 Å². The number of aliphatic hydroxyl groups is 1. The Morgan fingerprint density at radius 2 is 2.30 bits per heavy atom. The summed E-state index contributed by atoms with van der Waals surface area (Å²) in [7, 11) is 0. The molecule has 6 heteroatoms. The quantitative estimate of drug-likeness (QED) is 0.618. The molecule has 1 heterocycles. The second-order valence-corrected chi connectivity index (χ2v) is 7.97. The predicted octanol–water partition coefficient (Wildman–Crippen LogP) is 2.22. The number of rotatable bonds is 3. The number of ether oxygens (including phenoxy) is 1. The van der Waals surface area contributed by atoms with Gasteiger partial charge in [0.2, 0.25) is 5.91 Å². The molecule has 0 aromatic heterocycles. The van der Waals surface area contributed by atoms with Gasteiger partial charge in [0.1, 0.15) is 10.9 Å². The maximum atomic E-state index is 12.8. The SMILES string of the molecule is CC(C)[C@H](O)[C@@H](Br)C(=O)N1C(=S)O[C@@H]2C[C@@H]3CC[C@]21C3. The van der Waals surface area contributed by atoms with Crippen molar-refractivity contribution in [3.63, 3.8) is 0 Å². The number of hydrogen-bond acceptors (Lipinski definition) is 4. The zero-order chi connectivity index (χ0) is 14.7. The van der Waals surface area contributed by atoms with Gasteiger partial charge in [-0.3, -0.25) is 9.69 Å². The largest absolute Gasteiger partial charge is 0.465 e. The monoisotopic (exact) mass is 361 g/mol. The minimum atomic E-state index is -0.723. The molecule has 20 heavy (non-hydrogen) atoms. The lowest BCUT2D eigenvalue weighted by Crippen LogP contribution is -2.54. The summed E-state index contributed by atoms with van der Waals surface area (Å²) >= 11 is 8.63. The molecule has 4 nitrogen and oxygen atoms in total. The summed E-state index contributed by atoms with van der Waals surface area (Å²) in [4.78, 5) is 13.8. The van der Waals surface area contributed by atoms with Crippen molar-refractivity contribution >= 4 is 39.2 Å². The molecule has 1 saturated heterocycles. The minimum Gasteiger partial charge on any atom is -0.465 e. The van der Waals surface area contributed by atoms with Gasteiger partial charge in [0.05, 0.1) is 11.6 Å². The van der Waals surface area contributed by atoms with Crippen LogP contribution in [0, 0.1) is 11.8 Å². The zero-order valence-electron chi connectivity index (χ0n) is 11.7. The van der Waals surface area contributed by atoms with Crippen LogP contribution < -0.4 is 0 Å². The molecule has 0 aromatic carbocycles. The first kappa shape index (κ1) is 14.7. The Hall–Kier alpha value is -0.200. The van der Waals surface area contributed by atoms with Gasteiger partial charge < -0.3 is 9.84 Å². The Bertz CT molecular complexity index is 458. The van der Waals surface area contributed by atoms with E-state index >= 15 is 0 Å². The third kappa shape index (κ3) is 1.95. The summed E-state index contributed by atoms with van der Waals surface area (Å²) in [6.45, 7) is 3.79. The van der Waals surface area contributed by atoms with E-state index in [1.54, 1.807) is 4.90 Å². The van der Waals surface area contributed by atoms with Crippen LogP contribution in [0.15, 0.2) is 0 Å². The Morgan fingerprint density at radius 1 is 1.60 bits per heavy atom. The summed E-state index contributed by atoms with van der Waals surface area (Å²) in [5, 5.41) is 10.4. The first-order valence-electron chi connectivity index (χ1n) is 7.23. The molecule has 0 unspecified atom stereocenters. The third-order valence-electron chi connectivity index (χ3n) is 5.08. The minimum absolute atomic E-state index is 0.00798. The number of nitrogens with zero attached hydrogens (tertiary/aromatic N) is 1. The number of carbonyl (C=O) groups excluding carboxylic acids is 1. The van der Waals surface area contributed by atoms with E-state index in [1.165, 1.54) is 0 Å². The standard InChI is InChI=1S/C14H20BrNO3S/c1-7(2)11(17)10(15)12(18)16-13(20)19-9-5-8-3-4-14(9,16)6-8/h7-11,17H,3-6H2,1-2H3/t8-,9+,10+,11-,14-/m0/s1. The Balaban J connectivity index is 1.85. The molecule has 0 aromatic rings. The molecule has 2 bridgehead atoms. The predicted molar refractivity (Wildman–Crippen MR) is 82.6 cm³/mol. The Labute approximate surface area is 133 Å². The summed E-state index contributed by atoms with van der Waals surface area (Å²) < 4.78 is 5.77. The lowest BCUT2D eigenvalue weighted by atomic mass is 9.89. The maximum absolute atomic E-state index is 12.8. The van der Waals surface area contributed by atoms with E-state index in [0.717, 1.165) is 25.7 Å². The number of alkyl halides is 1. The fourth-order valence-electron chi connectivity index (χ4n) is 3.95. The lowest BCUT2D eigenvalue weighted by molar-refractivity contribution is -0.132. The average molecular weight is 362 g/mol. The highest BCUT2D eigenvalue weighted by Crippen LogP contribution is 2.56. The van der Waals surface area contributed by atoms with Crippen LogP contribution in [0.25, 0.3) is 0 Å². The molecule has 1 spiro atoms. The first-order valence-corrected chi connectivity index (χ1v) is 8.56. The molecule has 2 saturated carbocycles. The van der Waals surface area contributed by atoms with E-state index in [2.05, 4.69) is 15.9 Å². The van der Waals surface area contributed by atoms with Crippen molar-refractivity contribution in [2.75, 3.05) is 0 Å². The fourth-order valence-corrected chi connectivity index (χ4v) is 5.15. The number of hydrogen-bond donors (Lipinski definition) is 1. The number of aliphatic hydroxyl groups excluding tert-OH is 1. The van der Waals surface area contributed by atoms with Gasteiger partial charge in [-0.2, -0.15) is 0 Å². The van der Waals surface area contributed by atoms with Gasteiger partial charge in [-0.15, -0.1) is 0 Å². The van der Waals surface area contributed by atoms with Crippen LogP contribution in [-0.2, 0) is 9.53 Å². The van der Waals surface area contributed by atoms with Gasteiger partial charge in [-0.25, -0.2) is 0 Å². The van der Waals surface area contributed by atoms with Crippen LogP contribution in [0.2, 0.25) is 0 Å². The van der Waals surface area contributed by atoms with Crippen molar-refractivity contribution in [3.05, 3.63) is 0 Å². The Morgan fingerprint density at radius 3 is 2.90 bits per heavy atom. The Kier molecular flexibility index (Phi) is 3.62. The van der Waals surface area contributed by atoms with Gasteiger partial charge in [0, 0.05) is 0 Å². The number of thiocarbonyl (C=S) groups is 1. The summed E-state index contributed by atoms with van der Waals surface area (Å²) in [6, 6.07) is 0. The average Bonchev–Trinajstić information content (AvgIpc) is 3.01. The lowest BCUT2D eigenvalue weighted by Gasteiger charge is -2.35. The second-order valence-electron chi connectivity index (χ2n) is 6.63. The fraction of sp³-hybridized carbons (Fsp3) is 0.857. The normalized spacial score (nSPS) is 38.0. The molecule has 1 N–H and O–H groups in total. The van der Waals surface area contributed by atoms with Crippen molar-refractivity contribution in [1.82, 2.24) is 4.90 Å². The van der Waals surface area contributed by atoms with Gasteiger partial charge in [0.15, 0.2) is 0 Å². The summed E-state index contributed by atoms with van der Waals surface area (Å²) in [5.41, 5.74) is -0.235. The molecule has 112 valence electrons. The van der Waals surface area contributed by atoms with E-state index in [4.69, 9.17) is 17.0 Å². The first-order chi connectivity index (χ1) is 9.36. The van der Waals surface area contributed by atoms with Crippen LogP contribution in [0.4, 0.5) is 0 Å². The van der Waals surface area contributed by atoms with Crippen LogP contribution in [-0.4, -0.2) is 43.7 Å². The van der Waals surface area contributed by atoms with Gasteiger partial charge in [0.25, 0.3) is 5.17 Å². The smallest absolute Gasteiger partial charge is 0.267 e. The number of halogens is 1. The van der Waals surface area contributed by atoms with Crippen LogP contribution in [0.5, 0.6) is 0 Å². The molecular weight excluding hydrogens is 342 g/mol. The van der Waals surface area contributed by atoms with Crippen LogP contribution in [0.1, 0.15) is 39.5 Å². The maximum Gasteiger partial charge on any atom is 0.267 e. The molecule has 1 aliphatic heterocycles. The van der Waals surface area contributed by atoms with Crippen molar-refractivity contribution in [3.8, 4) is 0 Å². The van der Waals surface area contributed by atoms with Gasteiger partial charge in [-0.05, 0) is 49.7 Å². The van der Waals surface area contributed by atoms with E-state index in [1.807, 2.05) is 13.8 Å². The van der Waals surface area contributed by atoms with Crippen LogP contribution in [0.3, 0.4) is 0 Å². The molecule has 3 rings (SSSR count). The molecule has 3 fully saturated rings. The number of amides is 1. The number of fused-ring (bicyclic) bond motifs is 1. The van der Waals surface area contributed by atoms with Crippen molar-refractivity contribution < 1.29 is 14.6 Å². The van der Waals surface area contributed by atoms with Gasteiger partial charge in [-0.1, -0.05) is 29.8 Å². The van der Waals surface area contributed by atoms with Crippen molar-refractivity contribution in [1.29, 1.82) is 0 Å². The van der Waals surface area contributed by atoms with Crippen molar-refractivity contribution in [2.24, 2.45) is 11.8 Å². The highest BCUT2D eigenvalue weighted by molar-refractivity contribution is 9.10. The summed E-state index contributed by atoms with van der Waals surface area (Å²) in [5.74, 6) is 0.511. The van der Waals surface area contributed by atoms with E-state index in [0.29, 0.717) is 11.1 Å². The highest BCUT2D eigenvalue weighted by Gasteiger charge is 2.64. The molecule has 5 atom stereocenters. The number of carbonyl (C=O) groups is 1. The second kappa shape index (κ2) is 4.92. The van der Waals surface area contributed by atoms with E-state index in [9.17, 15) is 9.90 Å². The van der Waals surface area contributed by atoms with Crippen LogP contribution >= 0.6 is 28.1 Å². The highest BCUT2D eigenvalue weighted by atomic mass is 79.9. The van der Waals surface area contributed by atoms with Crippen molar-refractivity contribution in [2.45, 2.75) is 62.1 Å². The summed E-state index contributed by atoms with van der Waals surface area (Å²) in [6.07, 6.45) is 3.44. The molecule has 0 radical (unpaired) electrons. The molecule has 2 aliphatic carbocycles.